The third-order valence-electron chi connectivity index (χ3n) is 8.80. The molecular weight excluding hydrogens is 416 g/mol. The number of halogens is 1. The van der Waals surface area contributed by atoms with Crippen molar-refractivity contribution in [2.45, 2.75) is 76.2 Å². The van der Waals surface area contributed by atoms with Gasteiger partial charge in [0.25, 0.3) is 0 Å². The smallest absolute Gasteiger partial charge is 0.156 e. The lowest BCUT2D eigenvalue weighted by molar-refractivity contribution is -0.128. The van der Waals surface area contributed by atoms with E-state index in [-0.39, 0.29) is 11.7 Å². The molecule has 4 fully saturated rings. The number of imidazole rings is 1. The van der Waals surface area contributed by atoms with Crippen LogP contribution in [0.4, 0.5) is 5.82 Å². The van der Waals surface area contributed by atoms with Crippen LogP contribution in [-0.2, 0) is 4.79 Å². The number of nitrogens with one attached hydrogen (secondary N) is 1. The summed E-state index contributed by atoms with van der Waals surface area (Å²) < 4.78 is 1.89. The van der Waals surface area contributed by atoms with E-state index in [2.05, 4.69) is 15.3 Å². The maximum Gasteiger partial charge on any atom is 0.156 e. The van der Waals surface area contributed by atoms with Gasteiger partial charge < -0.3 is 20.1 Å². The van der Waals surface area contributed by atoms with Gasteiger partial charge in [0.15, 0.2) is 5.82 Å². The molecule has 3 N–H and O–H groups in total. The molecule has 4 aliphatic rings. The quantitative estimate of drug-likeness (QED) is 0.591. The number of aliphatic hydroxyl groups excluding tert-OH is 2. The summed E-state index contributed by atoms with van der Waals surface area (Å²) >= 11 is 6.43. The summed E-state index contributed by atoms with van der Waals surface area (Å²) in [6.07, 6.45) is 7.86. The van der Waals surface area contributed by atoms with Crippen molar-refractivity contribution in [3.8, 4) is 0 Å². The number of pyridine rings is 1. The predicted molar refractivity (Wildman–Crippen MR) is 117 cm³/mol. The molecule has 166 valence electrons. The van der Waals surface area contributed by atoms with E-state index in [0.717, 1.165) is 11.0 Å². The third-order valence-corrected chi connectivity index (χ3v) is 8.99. The van der Waals surface area contributed by atoms with Gasteiger partial charge in [0.2, 0.25) is 0 Å². The number of Topliss-reactive ketones (excluding diaryl/α,β-unsaturated/α-hetero) is 1. The molecule has 0 saturated heterocycles. The second-order valence-electron chi connectivity index (χ2n) is 10.2. The number of aliphatic hydroxyl groups is 2. The molecule has 0 radical (unpaired) electrons. The Hall–Kier alpha value is -1.70. The molecule has 0 amide bonds. The van der Waals surface area contributed by atoms with E-state index < -0.39 is 23.7 Å². The number of ketones is 1. The van der Waals surface area contributed by atoms with Crippen LogP contribution in [0.15, 0.2) is 12.4 Å². The zero-order chi connectivity index (χ0) is 21.5. The molecule has 2 heterocycles. The number of carbonyl (C=O) groups excluding carboxylic acids is 1. The summed E-state index contributed by atoms with van der Waals surface area (Å²) in [5.74, 6) is 1.91. The number of aromatic nitrogens is 3. The van der Waals surface area contributed by atoms with Gasteiger partial charge in [0, 0.05) is 12.1 Å². The summed E-state index contributed by atoms with van der Waals surface area (Å²) in [7, 11) is 0. The average molecular weight is 445 g/mol. The van der Waals surface area contributed by atoms with Crippen molar-refractivity contribution in [2.75, 3.05) is 5.32 Å². The van der Waals surface area contributed by atoms with Crippen LogP contribution in [0.2, 0.25) is 5.15 Å². The first-order valence-corrected chi connectivity index (χ1v) is 12.0. The van der Waals surface area contributed by atoms with Crippen LogP contribution >= 0.6 is 11.6 Å². The molecule has 0 spiro atoms. The summed E-state index contributed by atoms with van der Waals surface area (Å²) in [4.78, 5) is 21.5. The monoisotopic (exact) mass is 444 g/mol. The standard InChI is InChI=1S/C23H29ClN4O3/c1-11(29)23-9-14(23)19(20(30)21(23)31)28-10-25-18-15(28)8-16(24)26-22(18)27-17(12-4-2-5-12)13-6-3-7-13/h8,10,12-14,17,19-21,30-31H,2-7,9H2,1H3,(H,26,27)/t14?,19-,20+,21?,23+/m1/s1. The summed E-state index contributed by atoms with van der Waals surface area (Å²) in [6.45, 7) is 1.51. The number of fused-ring (bicyclic) bond motifs is 2. The highest BCUT2D eigenvalue weighted by Crippen LogP contribution is 2.68. The first kappa shape index (κ1) is 19.9. The van der Waals surface area contributed by atoms with E-state index in [9.17, 15) is 15.0 Å². The van der Waals surface area contributed by atoms with E-state index in [1.54, 1.807) is 12.4 Å². The van der Waals surface area contributed by atoms with Crippen molar-refractivity contribution < 1.29 is 15.0 Å². The van der Waals surface area contributed by atoms with E-state index in [1.165, 1.54) is 45.4 Å². The van der Waals surface area contributed by atoms with Crippen molar-refractivity contribution in [2.24, 2.45) is 23.2 Å². The Kier molecular flexibility index (Phi) is 4.44. The predicted octanol–water partition coefficient (Wildman–Crippen LogP) is 3.34. The van der Waals surface area contributed by atoms with Crippen LogP contribution in [0.5, 0.6) is 0 Å². The molecule has 4 aliphatic carbocycles. The molecule has 31 heavy (non-hydrogen) atoms. The Balaban J connectivity index is 1.37. The fourth-order valence-electron chi connectivity index (χ4n) is 6.49. The van der Waals surface area contributed by atoms with Crippen molar-refractivity contribution in [1.82, 2.24) is 14.5 Å². The zero-order valence-electron chi connectivity index (χ0n) is 17.7. The Morgan fingerprint density at radius 1 is 1.26 bits per heavy atom. The second-order valence-corrected chi connectivity index (χ2v) is 10.6. The van der Waals surface area contributed by atoms with Gasteiger partial charge in [-0.3, -0.25) is 4.79 Å². The number of nitrogens with zero attached hydrogens (tertiary/aromatic N) is 3. The number of hydrogen-bond donors (Lipinski definition) is 3. The van der Waals surface area contributed by atoms with E-state index >= 15 is 0 Å². The molecular formula is C23H29ClN4O3. The lowest BCUT2D eigenvalue weighted by atomic mass is 9.68. The molecule has 2 aromatic rings. The SMILES string of the molecule is CC(=O)[C@@]12CC1[C@@H](n1cnc3c(NC(C4CCC4)C4CCC4)nc(Cl)cc31)[C@H](O)C2O. The van der Waals surface area contributed by atoms with E-state index in [4.69, 9.17) is 11.6 Å². The second kappa shape index (κ2) is 6.90. The number of carbonyl (C=O) groups is 1. The van der Waals surface area contributed by atoms with Gasteiger partial charge in [-0.15, -0.1) is 0 Å². The van der Waals surface area contributed by atoms with Crippen molar-refractivity contribution in [3.63, 3.8) is 0 Å². The summed E-state index contributed by atoms with van der Waals surface area (Å²) in [6, 6.07) is 1.77. The molecule has 7 nitrogen and oxygen atoms in total. The molecule has 8 heteroatoms. The molecule has 6 rings (SSSR count). The maximum absolute atomic E-state index is 12.2. The Bertz CT molecular complexity index is 1030. The Labute approximate surface area is 186 Å². The van der Waals surface area contributed by atoms with E-state index in [1.807, 2.05) is 4.57 Å². The number of anilines is 1. The van der Waals surface area contributed by atoms with Crippen LogP contribution in [-0.4, -0.2) is 48.8 Å². The summed E-state index contributed by atoms with van der Waals surface area (Å²) in [5.41, 5.74) is 0.694. The van der Waals surface area contributed by atoms with Crippen LogP contribution in [0.3, 0.4) is 0 Å². The normalized spacial score (nSPS) is 35.1. The minimum atomic E-state index is -1.05. The van der Waals surface area contributed by atoms with Gasteiger partial charge in [-0.2, -0.15) is 0 Å². The van der Waals surface area contributed by atoms with E-state index in [0.29, 0.717) is 35.3 Å². The van der Waals surface area contributed by atoms with Crippen LogP contribution in [0.25, 0.3) is 11.0 Å². The molecule has 5 atom stereocenters. The van der Waals surface area contributed by atoms with Gasteiger partial charge in [-0.1, -0.05) is 24.4 Å². The molecule has 0 bridgehead atoms. The average Bonchev–Trinajstić information content (AvgIpc) is 3.18. The first-order valence-electron chi connectivity index (χ1n) is 11.6. The highest BCUT2D eigenvalue weighted by Gasteiger charge is 2.74. The zero-order valence-corrected chi connectivity index (χ0v) is 18.4. The molecule has 0 aliphatic heterocycles. The van der Waals surface area contributed by atoms with Gasteiger partial charge in [-0.25, -0.2) is 9.97 Å². The molecule has 2 unspecified atom stereocenters. The molecule has 0 aromatic carbocycles. The topological polar surface area (TPSA) is 100 Å². The Morgan fingerprint density at radius 2 is 1.94 bits per heavy atom. The summed E-state index contributed by atoms with van der Waals surface area (Å²) in [5, 5.41) is 25.5. The fourth-order valence-corrected chi connectivity index (χ4v) is 6.67. The van der Waals surface area contributed by atoms with Gasteiger partial charge in [-0.05, 0) is 56.8 Å². The lowest BCUT2D eigenvalue weighted by Crippen LogP contribution is -2.42. The van der Waals surface area contributed by atoms with Crippen molar-refractivity contribution in [1.29, 1.82) is 0 Å². The maximum atomic E-state index is 12.2. The van der Waals surface area contributed by atoms with Gasteiger partial charge >= 0.3 is 0 Å². The lowest BCUT2D eigenvalue weighted by Gasteiger charge is -2.43. The van der Waals surface area contributed by atoms with Crippen LogP contribution < -0.4 is 5.32 Å². The highest BCUT2D eigenvalue weighted by atomic mass is 35.5. The molecule has 2 aromatic heterocycles. The van der Waals surface area contributed by atoms with Crippen LogP contribution in [0.1, 0.15) is 57.9 Å². The minimum absolute atomic E-state index is 0.0538. The highest BCUT2D eigenvalue weighted by molar-refractivity contribution is 6.30. The number of hydrogen-bond acceptors (Lipinski definition) is 6. The first-order chi connectivity index (χ1) is 14.9. The fraction of sp³-hybridized carbons (Fsp3) is 0.696. The van der Waals surface area contributed by atoms with Crippen molar-refractivity contribution >= 4 is 34.2 Å². The number of rotatable bonds is 6. The van der Waals surface area contributed by atoms with Crippen molar-refractivity contribution in [3.05, 3.63) is 17.5 Å². The minimum Gasteiger partial charge on any atom is -0.389 e. The van der Waals surface area contributed by atoms with Gasteiger partial charge in [0.1, 0.15) is 22.6 Å². The Morgan fingerprint density at radius 3 is 2.48 bits per heavy atom. The molecule has 4 saturated carbocycles. The van der Waals surface area contributed by atoms with Crippen LogP contribution in [0, 0.1) is 23.2 Å². The third kappa shape index (κ3) is 2.75. The van der Waals surface area contributed by atoms with Gasteiger partial charge in [0.05, 0.1) is 29.4 Å². The largest absolute Gasteiger partial charge is 0.389 e.